The summed E-state index contributed by atoms with van der Waals surface area (Å²) in [7, 11) is 0. The Morgan fingerprint density at radius 2 is 2.22 bits per heavy atom. The molecule has 2 heterocycles. The summed E-state index contributed by atoms with van der Waals surface area (Å²) in [5, 5.41) is 15.4. The molecule has 0 aromatic carbocycles. The van der Waals surface area contributed by atoms with Gasteiger partial charge in [0, 0.05) is 18.6 Å². The Balaban J connectivity index is 2.28. The molecule has 2 aromatic rings. The second-order valence-electron chi connectivity index (χ2n) is 4.86. The molecule has 0 aliphatic carbocycles. The molecule has 0 unspecified atom stereocenters. The molecule has 0 aliphatic rings. The number of nitrogens with zero attached hydrogens (tertiary/aromatic N) is 2. The first-order valence-electron chi connectivity index (χ1n) is 5.62. The molecule has 0 aliphatic heterocycles. The van der Waals surface area contributed by atoms with Gasteiger partial charge in [-0.2, -0.15) is 4.98 Å². The number of fused-ring (bicyclic) bond motifs is 1. The first kappa shape index (κ1) is 13.0. The summed E-state index contributed by atoms with van der Waals surface area (Å²) < 4.78 is 0. The summed E-state index contributed by atoms with van der Waals surface area (Å²) in [6, 6.07) is 1.97. The first-order valence-corrected chi connectivity index (χ1v) is 6.50. The van der Waals surface area contributed by atoms with Gasteiger partial charge in [-0.15, -0.1) is 11.3 Å². The molecule has 0 atom stereocenters. The lowest BCUT2D eigenvalue weighted by atomic mass is 9.95. The fraction of sp³-hybridized carbons (Fsp3) is 0.455. The van der Waals surface area contributed by atoms with Crippen molar-refractivity contribution in [2.45, 2.75) is 13.8 Å². The van der Waals surface area contributed by atoms with Crippen LogP contribution >= 0.6 is 11.3 Å². The molecule has 7 heteroatoms. The van der Waals surface area contributed by atoms with E-state index in [0.717, 1.165) is 16.0 Å². The third-order valence-electron chi connectivity index (χ3n) is 2.62. The lowest BCUT2D eigenvalue weighted by Crippen LogP contribution is -2.27. The van der Waals surface area contributed by atoms with Crippen molar-refractivity contribution in [2.24, 2.45) is 11.3 Å². The van der Waals surface area contributed by atoms with E-state index in [1.165, 1.54) is 11.3 Å². The van der Waals surface area contributed by atoms with Gasteiger partial charge in [0.15, 0.2) is 0 Å². The molecule has 0 fully saturated rings. The van der Waals surface area contributed by atoms with E-state index in [2.05, 4.69) is 20.7 Å². The summed E-state index contributed by atoms with van der Waals surface area (Å²) in [6.07, 6.45) is 0. The third kappa shape index (κ3) is 2.69. The maximum atomic E-state index is 9.24. The number of aromatic nitrogens is 2. The van der Waals surface area contributed by atoms with E-state index >= 15 is 0 Å². The second kappa shape index (κ2) is 5.05. The molecular weight excluding hydrogens is 250 g/mol. The summed E-state index contributed by atoms with van der Waals surface area (Å²) in [5.41, 5.74) is 2.25. The van der Waals surface area contributed by atoms with Crippen LogP contribution < -0.4 is 16.6 Å². The minimum absolute atomic E-state index is 0.111. The van der Waals surface area contributed by atoms with Crippen molar-refractivity contribution in [2.75, 3.05) is 23.9 Å². The molecule has 0 radical (unpaired) electrons. The van der Waals surface area contributed by atoms with E-state index in [1.807, 2.05) is 25.3 Å². The quantitative estimate of drug-likeness (QED) is 0.483. The van der Waals surface area contributed by atoms with Crippen LogP contribution in [0.1, 0.15) is 13.8 Å². The Hall–Kier alpha value is -1.44. The number of hydrogen-bond donors (Lipinski definition) is 4. The highest BCUT2D eigenvalue weighted by atomic mass is 32.1. The molecule has 98 valence electrons. The number of thiophene rings is 1. The molecule has 0 bridgehead atoms. The van der Waals surface area contributed by atoms with E-state index in [-0.39, 0.29) is 12.0 Å². The SMILES string of the molecule is CC(C)(CO)CNc1nc(NN)nc2sccc12. The number of aliphatic hydroxyl groups excluding tert-OH is 1. The molecular formula is C11H17N5OS. The van der Waals surface area contributed by atoms with Crippen LogP contribution in [0.15, 0.2) is 11.4 Å². The topological polar surface area (TPSA) is 96.1 Å². The predicted molar refractivity (Wildman–Crippen MR) is 74.6 cm³/mol. The Kier molecular flexibility index (Phi) is 3.65. The van der Waals surface area contributed by atoms with Gasteiger partial charge < -0.3 is 10.4 Å². The molecule has 6 nitrogen and oxygen atoms in total. The average Bonchev–Trinajstić information content (AvgIpc) is 2.84. The number of nitrogens with two attached hydrogens (primary N) is 1. The van der Waals surface area contributed by atoms with Crippen LogP contribution in [0.4, 0.5) is 11.8 Å². The zero-order valence-corrected chi connectivity index (χ0v) is 11.2. The number of rotatable bonds is 5. The van der Waals surface area contributed by atoms with Gasteiger partial charge in [0.05, 0.1) is 5.39 Å². The van der Waals surface area contributed by atoms with E-state index in [1.54, 1.807) is 0 Å². The van der Waals surface area contributed by atoms with Gasteiger partial charge in [-0.25, -0.2) is 10.8 Å². The van der Waals surface area contributed by atoms with Crippen molar-refractivity contribution in [3.63, 3.8) is 0 Å². The Labute approximate surface area is 109 Å². The van der Waals surface area contributed by atoms with Crippen LogP contribution in [0.3, 0.4) is 0 Å². The lowest BCUT2D eigenvalue weighted by molar-refractivity contribution is 0.171. The monoisotopic (exact) mass is 267 g/mol. The zero-order chi connectivity index (χ0) is 13.2. The van der Waals surface area contributed by atoms with E-state index in [0.29, 0.717) is 12.5 Å². The van der Waals surface area contributed by atoms with Gasteiger partial charge in [-0.1, -0.05) is 13.8 Å². The van der Waals surface area contributed by atoms with Crippen LogP contribution in [0, 0.1) is 5.41 Å². The normalized spacial score (nSPS) is 11.8. The van der Waals surface area contributed by atoms with E-state index in [4.69, 9.17) is 5.84 Å². The van der Waals surface area contributed by atoms with Gasteiger partial charge in [0.25, 0.3) is 0 Å². The van der Waals surface area contributed by atoms with Crippen molar-refractivity contribution >= 4 is 33.3 Å². The van der Waals surface area contributed by atoms with Crippen LogP contribution in [-0.4, -0.2) is 28.2 Å². The van der Waals surface area contributed by atoms with Gasteiger partial charge >= 0.3 is 0 Å². The highest BCUT2D eigenvalue weighted by molar-refractivity contribution is 7.16. The number of nitrogen functional groups attached to an aromatic ring is 1. The van der Waals surface area contributed by atoms with Crippen LogP contribution in [0.25, 0.3) is 10.2 Å². The van der Waals surface area contributed by atoms with E-state index in [9.17, 15) is 5.11 Å². The summed E-state index contributed by atoms with van der Waals surface area (Å²) in [5.74, 6) is 6.46. The maximum absolute atomic E-state index is 9.24. The first-order chi connectivity index (χ1) is 8.55. The Bertz CT molecular complexity index is 539. The summed E-state index contributed by atoms with van der Waals surface area (Å²) >= 11 is 1.53. The summed E-state index contributed by atoms with van der Waals surface area (Å²) in [6.45, 7) is 4.69. The van der Waals surface area contributed by atoms with Crippen molar-refractivity contribution < 1.29 is 5.11 Å². The van der Waals surface area contributed by atoms with Crippen LogP contribution in [0.2, 0.25) is 0 Å². The average molecular weight is 267 g/mol. The van der Waals surface area contributed by atoms with Crippen molar-refractivity contribution in [1.82, 2.24) is 9.97 Å². The molecule has 0 saturated carbocycles. The molecule has 0 amide bonds. The minimum Gasteiger partial charge on any atom is -0.396 e. The Morgan fingerprint density at radius 3 is 2.89 bits per heavy atom. The molecule has 2 aromatic heterocycles. The van der Waals surface area contributed by atoms with Gasteiger partial charge in [0.2, 0.25) is 5.95 Å². The highest BCUT2D eigenvalue weighted by Crippen LogP contribution is 2.27. The van der Waals surface area contributed by atoms with E-state index < -0.39 is 0 Å². The maximum Gasteiger partial charge on any atom is 0.240 e. The van der Waals surface area contributed by atoms with Crippen molar-refractivity contribution in [3.8, 4) is 0 Å². The number of hydrogen-bond acceptors (Lipinski definition) is 7. The van der Waals surface area contributed by atoms with Crippen molar-refractivity contribution in [1.29, 1.82) is 0 Å². The lowest BCUT2D eigenvalue weighted by Gasteiger charge is -2.22. The molecule has 18 heavy (non-hydrogen) atoms. The number of anilines is 2. The van der Waals surface area contributed by atoms with Crippen molar-refractivity contribution in [3.05, 3.63) is 11.4 Å². The molecule has 0 saturated heterocycles. The van der Waals surface area contributed by atoms with Gasteiger partial charge in [-0.3, -0.25) is 5.43 Å². The second-order valence-corrected chi connectivity index (χ2v) is 5.75. The van der Waals surface area contributed by atoms with Crippen LogP contribution in [-0.2, 0) is 0 Å². The number of aliphatic hydroxyl groups is 1. The fourth-order valence-corrected chi connectivity index (χ4v) is 2.20. The van der Waals surface area contributed by atoms with Gasteiger partial charge in [-0.05, 0) is 11.4 Å². The highest BCUT2D eigenvalue weighted by Gasteiger charge is 2.17. The molecule has 0 spiro atoms. The summed E-state index contributed by atoms with van der Waals surface area (Å²) in [4.78, 5) is 9.43. The Morgan fingerprint density at radius 1 is 1.44 bits per heavy atom. The standard InChI is InChI=1S/C11H17N5OS/c1-11(2,6-17)5-13-8-7-3-4-18-9(7)15-10(14-8)16-12/h3-4,17H,5-6,12H2,1-2H3,(H2,13,14,15,16). The number of hydrazine groups is 1. The van der Waals surface area contributed by atoms with Gasteiger partial charge in [0.1, 0.15) is 10.6 Å². The fourth-order valence-electron chi connectivity index (χ4n) is 1.43. The van der Waals surface area contributed by atoms with Crippen LogP contribution in [0.5, 0.6) is 0 Å². The molecule has 2 rings (SSSR count). The largest absolute Gasteiger partial charge is 0.396 e. The zero-order valence-electron chi connectivity index (χ0n) is 10.4. The third-order valence-corrected chi connectivity index (χ3v) is 3.42. The number of nitrogens with one attached hydrogen (secondary N) is 2. The minimum atomic E-state index is -0.205. The smallest absolute Gasteiger partial charge is 0.240 e. The molecule has 5 N–H and O–H groups in total. The predicted octanol–water partition coefficient (Wildman–Crippen LogP) is 1.41.